The van der Waals surface area contributed by atoms with Gasteiger partial charge in [-0.05, 0) is 32.4 Å². The monoisotopic (exact) mass is 167 g/mol. The SMILES string of the molecule is O=C1O[C@@H]2CCCN3CC[C@H]1[C@H]23. The van der Waals surface area contributed by atoms with Gasteiger partial charge in [-0.3, -0.25) is 9.69 Å². The minimum Gasteiger partial charge on any atom is -0.460 e. The van der Waals surface area contributed by atoms with Crippen LogP contribution in [0.25, 0.3) is 0 Å². The molecule has 3 nitrogen and oxygen atoms in total. The Kier molecular flexibility index (Phi) is 1.28. The third kappa shape index (κ3) is 0.724. The van der Waals surface area contributed by atoms with Crippen molar-refractivity contribution in [1.29, 1.82) is 0 Å². The number of carbonyl (C=O) groups excluding carboxylic acids is 1. The maximum atomic E-state index is 11.3. The zero-order chi connectivity index (χ0) is 8.13. The highest BCUT2D eigenvalue weighted by Crippen LogP contribution is 2.39. The van der Waals surface area contributed by atoms with E-state index in [1.165, 1.54) is 13.0 Å². The highest BCUT2D eigenvalue weighted by molar-refractivity contribution is 5.76. The molecule has 3 heterocycles. The fraction of sp³-hybridized carbons (Fsp3) is 0.889. The Morgan fingerprint density at radius 1 is 1.33 bits per heavy atom. The zero-order valence-corrected chi connectivity index (χ0v) is 7.03. The Balaban J connectivity index is 1.94. The van der Waals surface area contributed by atoms with E-state index in [9.17, 15) is 4.79 Å². The Bertz CT molecular complexity index is 229. The molecular weight excluding hydrogens is 154 g/mol. The Hall–Kier alpha value is -0.570. The van der Waals surface area contributed by atoms with Gasteiger partial charge >= 0.3 is 5.97 Å². The molecule has 3 heteroatoms. The van der Waals surface area contributed by atoms with Crippen LogP contribution in [-0.2, 0) is 9.53 Å². The van der Waals surface area contributed by atoms with Crippen LogP contribution in [0.5, 0.6) is 0 Å². The third-order valence-electron chi connectivity index (χ3n) is 3.45. The number of rotatable bonds is 0. The summed E-state index contributed by atoms with van der Waals surface area (Å²) in [4.78, 5) is 13.8. The second kappa shape index (κ2) is 2.22. The molecular formula is C9H13NO2. The Labute approximate surface area is 71.7 Å². The van der Waals surface area contributed by atoms with E-state index in [2.05, 4.69) is 4.90 Å². The second-order valence-corrected chi connectivity index (χ2v) is 4.04. The van der Waals surface area contributed by atoms with Crippen LogP contribution in [0, 0.1) is 5.92 Å². The average Bonchev–Trinajstić information content (AvgIpc) is 2.60. The molecule has 12 heavy (non-hydrogen) atoms. The van der Waals surface area contributed by atoms with E-state index >= 15 is 0 Å². The minimum atomic E-state index is 0.0643. The molecule has 3 aliphatic rings. The van der Waals surface area contributed by atoms with Gasteiger partial charge in [-0.15, -0.1) is 0 Å². The van der Waals surface area contributed by atoms with Crippen LogP contribution in [0.1, 0.15) is 19.3 Å². The first-order valence-corrected chi connectivity index (χ1v) is 4.81. The van der Waals surface area contributed by atoms with Crippen molar-refractivity contribution in [2.75, 3.05) is 13.1 Å². The van der Waals surface area contributed by atoms with Gasteiger partial charge < -0.3 is 4.74 Å². The Morgan fingerprint density at radius 3 is 3.17 bits per heavy atom. The lowest BCUT2D eigenvalue weighted by Crippen LogP contribution is -2.43. The standard InChI is InChI=1S/C9H13NO2/c11-9-6-3-5-10-4-1-2-7(12-9)8(6)10/h6-8H,1-5H2/t6-,7+,8+/m0/s1. The third-order valence-corrected chi connectivity index (χ3v) is 3.45. The predicted octanol–water partition coefficient (Wildman–Crippen LogP) is 0.396. The van der Waals surface area contributed by atoms with Gasteiger partial charge in [-0.2, -0.15) is 0 Å². The number of hydrogen-bond acceptors (Lipinski definition) is 3. The van der Waals surface area contributed by atoms with Crippen molar-refractivity contribution in [3.63, 3.8) is 0 Å². The van der Waals surface area contributed by atoms with Crippen LogP contribution in [0.2, 0.25) is 0 Å². The topological polar surface area (TPSA) is 29.5 Å². The van der Waals surface area contributed by atoms with Crippen LogP contribution < -0.4 is 0 Å². The van der Waals surface area contributed by atoms with E-state index in [0.717, 1.165) is 19.4 Å². The normalized spacial score (nSPS) is 46.0. The molecule has 0 amide bonds. The van der Waals surface area contributed by atoms with Crippen LogP contribution in [0.3, 0.4) is 0 Å². The summed E-state index contributed by atoms with van der Waals surface area (Å²) in [5.74, 6) is 0.282. The number of ether oxygens (including phenoxy) is 1. The molecule has 0 radical (unpaired) electrons. The lowest BCUT2D eigenvalue weighted by Gasteiger charge is -2.31. The van der Waals surface area contributed by atoms with Gasteiger partial charge in [0.15, 0.2) is 0 Å². The highest BCUT2D eigenvalue weighted by atomic mass is 16.6. The summed E-state index contributed by atoms with van der Waals surface area (Å²) in [6.07, 6.45) is 3.55. The fourth-order valence-electron chi connectivity index (χ4n) is 2.92. The average molecular weight is 167 g/mol. The molecule has 3 rings (SSSR count). The molecule has 0 aromatic heterocycles. The van der Waals surface area contributed by atoms with Crippen molar-refractivity contribution in [1.82, 2.24) is 4.90 Å². The summed E-state index contributed by atoms with van der Waals surface area (Å²) in [6.45, 7) is 2.29. The van der Waals surface area contributed by atoms with Gasteiger partial charge in [-0.25, -0.2) is 0 Å². The quantitative estimate of drug-likeness (QED) is 0.489. The summed E-state index contributed by atoms with van der Waals surface area (Å²) in [5, 5.41) is 0. The van der Waals surface area contributed by atoms with Crippen LogP contribution >= 0.6 is 0 Å². The molecule has 0 aliphatic carbocycles. The van der Waals surface area contributed by atoms with E-state index in [4.69, 9.17) is 4.74 Å². The van der Waals surface area contributed by atoms with E-state index in [1.54, 1.807) is 0 Å². The van der Waals surface area contributed by atoms with Gasteiger partial charge in [0.05, 0.1) is 12.0 Å². The zero-order valence-electron chi connectivity index (χ0n) is 7.03. The first kappa shape index (κ1) is 6.89. The van der Waals surface area contributed by atoms with E-state index in [-0.39, 0.29) is 18.0 Å². The van der Waals surface area contributed by atoms with Crippen molar-refractivity contribution < 1.29 is 9.53 Å². The molecule has 0 unspecified atom stereocenters. The van der Waals surface area contributed by atoms with Crippen molar-refractivity contribution in [3.05, 3.63) is 0 Å². The molecule has 0 saturated carbocycles. The molecule has 66 valence electrons. The van der Waals surface area contributed by atoms with E-state index < -0.39 is 0 Å². The number of esters is 1. The maximum absolute atomic E-state index is 11.3. The number of carbonyl (C=O) groups is 1. The molecule has 3 atom stereocenters. The fourth-order valence-corrected chi connectivity index (χ4v) is 2.92. The lowest BCUT2D eigenvalue weighted by atomic mass is 9.94. The summed E-state index contributed by atoms with van der Waals surface area (Å²) in [7, 11) is 0. The van der Waals surface area contributed by atoms with Crippen LogP contribution in [0.15, 0.2) is 0 Å². The van der Waals surface area contributed by atoms with Gasteiger partial charge in [0.2, 0.25) is 0 Å². The summed E-state index contributed by atoms with van der Waals surface area (Å²) in [6, 6.07) is 0.450. The van der Waals surface area contributed by atoms with Crippen molar-refractivity contribution >= 4 is 5.97 Å². The molecule has 0 bridgehead atoms. The van der Waals surface area contributed by atoms with Gasteiger partial charge in [0, 0.05) is 0 Å². The minimum absolute atomic E-state index is 0.0643. The Morgan fingerprint density at radius 2 is 2.25 bits per heavy atom. The first-order valence-electron chi connectivity index (χ1n) is 4.81. The van der Waals surface area contributed by atoms with Gasteiger partial charge in [0.25, 0.3) is 0 Å². The molecule has 0 N–H and O–H groups in total. The van der Waals surface area contributed by atoms with Crippen molar-refractivity contribution in [2.24, 2.45) is 5.92 Å². The molecule has 3 saturated heterocycles. The highest BCUT2D eigenvalue weighted by Gasteiger charge is 2.52. The lowest BCUT2D eigenvalue weighted by molar-refractivity contribution is -0.145. The molecule has 3 fully saturated rings. The maximum Gasteiger partial charge on any atom is 0.311 e. The van der Waals surface area contributed by atoms with Crippen LogP contribution in [0.4, 0.5) is 0 Å². The van der Waals surface area contributed by atoms with Gasteiger partial charge in [-0.1, -0.05) is 0 Å². The number of piperidine rings is 1. The van der Waals surface area contributed by atoms with Crippen LogP contribution in [-0.4, -0.2) is 36.1 Å². The molecule has 3 aliphatic heterocycles. The van der Waals surface area contributed by atoms with E-state index in [1.807, 2.05) is 0 Å². The molecule has 0 spiro atoms. The van der Waals surface area contributed by atoms with Gasteiger partial charge in [0.1, 0.15) is 6.10 Å². The summed E-state index contributed by atoms with van der Waals surface area (Å²) in [5.41, 5.74) is 0. The van der Waals surface area contributed by atoms with Crippen molar-refractivity contribution in [2.45, 2.75) is 31.4 Å². The largest absolute Gasteiger partial charge is 0.460 e. The molecule has 0 aromatic rings. The first-order chi connectivity index (χ1) is 5.86. The second-order valence-electron chi connectivity index (χ2n) is 4.04. The summed E-state index contributed by atoms with van der Waals surface area (Å²) < 4.78 is 5.32. The number of hydrogen-bond donors (Lipinski definition) is 0. The smallest absolute Gasteiger partial charge is 0.311 e. The predicted molar refractivity (Wildman–Crippen MR) is 42.6 cm³/mol. The number of nitrogens with zero attached hydrogens (tertiary/aromatic N) is 1. The molecule has 0 aromatic carbocycles. The van der Waals surface area contributed by atoms with E-state index in [0.29, 0.717) is 6.04 Å². The van der Waals surface area contributed by atoms with Crippen molar-refractivity contribution in [3.8, 4) is 0 Å². The summed E-state index contributed by atoms with van der Waals surface area (Å²) >= 11 is 0.